The molecule has 0 atom stereocenters. The summed E-state index contributed by atoms with van der Waals surface area (Å²) in [7, 11) is 0. The molecular formula is C25H32N2O2. The van der Waals surface area contributed by atoms with Gasteiger partial charge in [-0.25, -0.2) is 0 Å². The Labute approximate surface area is 174 Å². The highest BCUT2D eigenvalue weighted by Gasteiger charge is 2.33. The number of carbonyl (C=O) groups is 2. The molecule has 0 unspecified atom stereocenters. The summed E-state index contributed by atoms with van der Waals surface area (Å²) < 4.78 is 0. The van der Waals surface area contributed by atoms with Crippen molar-refractivity contribution in [3.8, 4) is 0 Å². The summed E-state index contributed by atoms with van der Waals surface area (Å²) in [5, 5.41) is 0. The van der Waals surface area contributed by atoms with Crippen molar-refractivity contribution in [1.82, 2.24) is 4.90 Å². The lowest BCUT2D eigenvalue weighted by atomic mass is 9.80. The SMILES string of the molecule is CCN(Cc1ccccc1)C(=O)C1CCC(C(=O)N(CC)c2ccccc2)CC1. The Balaban J connectivity index is 1.57. The summed E-state index contributed by atoms with van der Waals surface area (Å²) in [6.07, 6.45) is 3.18. The number of anilines is 1. The van der Waals surface area contributed by atoms with Gasteiger partial charge in [0.25, 0.3) is 0 Å². The third-order valence-corrected chi connectivity index (χ3v) is 5.99. The van der Waals surface area contributed by atoms with Crippen molar-refractivity contribution < 1.29 is 9.59 Å². The standard InChI is InChI=1S/C25H32N2O2/c1-3-26(19-20-11-7-5-8-12-20)24(28)21-15-17-22(18-16-21)25(29)27(4-2)23-13-9-6-10-14-23/h5-14,21-22H,3-4,15-19H2,1-2H3. The molecule has 3 rings (SSSR count). The quantitative estimate of drug-likeness (QED) is 0.673. The van der Waals surface area contributed by atoms with E-state index < -0.39 is 0 Å². The van der Waals surface area contributed by atoms with Crippen LogP contribution in [0.15, 0.2) is 60.7 Å². The molecular weight excluding hydrogens is 360 g/mol. The van der Waals surface area contributed by atoms with E-state index in [1.165, 1.54) is 0 Å². The zero-order valence-electron chi connectivity index (χ0n) is 17.6. The van der Waals surface area contributed by atoms with Gasteiger partial charge in [-0.2, -0.15) is 0 Å². The molecule has 0 spiro atoms. The van der Waals surface area contributed by atoms with Gasteiger partial charge < -0.3 is 9.80 Å². The van der Waals surface area contributed by atoms with Gasteiger partial charge in [-0.15, -0.1) is 0 Å². The van der Waals surface area contributed by atoms with E-state index >= 15 is 0 Å². The highest BCUT2D eigenvalue weighted by atomic mass is 16.2. The van der Waals surface area contributed by atoms with Gasteiger partial charge in [0.2, 0.25) is 11.8 Å². The van der Waals surface area contributed by atoms with E-state index in [0.29, 0.717) is 19.6 Å². The first-order valence-electron chi connectivity index (χ1n) is 10.8. The van der Waals surface area contributed by atoms with Crippen LogP contribution in [0.3, 0.4) is 0 Å². The lowest BCUT2D eigenvalue weighted by Gasteiger charge is -2.33. The third kappa shape index (κ3) is 5.26. The largest absolute Gasteiger partial charge is 0.338 e. The number of para-hydroxylation sites is 1. The predicted molar refractivity (Wildman–Crippen MR) is 117 cm³/mol. The van der Waals surface area contributed by atoms with Crippen molar-refractivity contribution in [3.63, 3.8) is 0 Å². The molecule has 2 aromatic carbocycles. The van der Waals surface area contributed by atoms with Crippen LogP contribution in [0.25, 0.3) is 0 Å². The maximum Gasteiger partial charge on any atom is 0.230 e. The second-order valence-electron chi connectivity index (χ2n) is 7.80. The van der Waals surface area contributed by atoms with Crippen molar-refractivity contribution in [2.45, 2.75) is 46.1 Å². The van der Waals surface area contributed by atoms with E-state index in [1.807, 2.05) is 72.2 Å². The predicted octanol–water partition coefficient (Wildman–Crippen LogP) is 4.89. The van der Waals surface area contributed by atoms with Crippen molar-refractivity contribution in [1.29, 1.82) is 0 Å². The number of rotatable bonds is 7. The van der Waals surface area contributed by atoms with Gasteiger partial charge in [0, 0.05) is 37.2 Å². The number of hydrogen-bond acceptors (Lipinski definition) is 2. The second-order valence-corrected chi connectivity index (χ2v) is 7.80. The molecule has 0 N–H and O–H groups in total. The fourth-order valence-electron chi connectivity index (χ4n) is 4.29. The maximum atomic E-state index is 13.1. The van der Waals surface area contributed by atoms with Gasteiger partial charge in [-0.1, -0.05) is 48.5 Å². The minimum Gasteiger partial charge on any atom is -0.338 e. The number of nitrogens with zero attached hydrogens (tertiary/aromatic N) is 2. The Kier molecular flexibility index (Phi) is 7.45. The van der Waals surface area contributed by atoms with Crippen LogP contribution in [0.4, 0.5) is 5.69 Å². The molecule has 0 radical (unpaired) electrons. The first-order chi connectivity index (χ1) is 14.1. The Morgan fingerprint density at radius 3 is 1.79 bits per heavy atom. The molecule has 1 aliphatic rings. The van der Waals surface area contributed by atoms with E-state index in [-0.39, 0.29) is 23.7 Å². The average Bonchev–Trinajstić information content (AvgIpc) is 2.79. The molecule has 0 aliphatic heterocycles. The zero-order chi connectivity index (χ0) is 20.6. The summed E-state index contributed by atoms with van der Waals surface area (Å²) in [5.41, 5.74) is 2.12. The normalized spacial score (nSPS) is 18.8. The first kappa shape index (κ1) is 21.1. The number of hydrogen-bond donors (Lipinski definition) is 0. The molecule has 0 bridgehead atoms. The van der Waals surface area contributed by atoms with Crippen LogP contribution in [0.5, 0.6) is 0 Å². The van der Waals surface area contributed by atoms with Crippen LogP contribution in [-0.2, 0) is 16.1 Å². The monoisotopic (exact) mass is 392 g/mol. The van der Waals surface area contributed by atoms with Crippen molar-refractivity contribution >= 4 is 17.5 Å². The van der Waals surface area contributed by atoms with Gasteiger partial charge >= 0.3 is 0 Å². The summed E-state index contributed by atoms with van der Waals surface area (Å²) in [4.78, 5) is 29.9. The Morgan fingerprint density at radius 2 is 1.28 bits per heavy atom. The highest BCUT2D eigenvalue weighted by molar-refractivity contribution is 5.95. The maximum absolute atomic E-state index is 13.1. The summed E-state index contributed by atoms with van der Waals surface area (Å²) in [6.45, 7) is 6.09. The number of carbonyl (C=O) groups excluding carboxylic acids is 2. The smallest absolute Gasteiger partial charge is 0.230 e. The Morgan fingerprint density at radius 1 is 0.759 bits per heavy atom. The van der Waals surface area contributed by atoms with Gasteiger partial charge in [0.05, 0.1) is 0 Å². The molecule has 2 amide bonds. The van der Waals surface area contributed by atoms with Crippen molar-refractivity contribution in [3.05, 3.63) is 66.2 Å². The van der Waals surface area contributed by atoms with Gasteiger partial charge in [0.15, 0.2) is 0 Å². The van der Waals surface area contributed by atoms with E-state index in [1.54, 1.807) is 0 Å². The molecule has 4 nitrogen and oxygen atoms in total. The molecule has 2 aromatic rings. The first-order valence-corrected chi connectivity index (χ1v) is 10.8. The van der Waals surface area contributed by atoms with Crippen LogP contribution in [0, 0.1) is 11.8 Å². The van der Waals surface area contributed by atoms with Crippen LogP contribution in [0.2, 0.25) is 0 Å². The van der Waals surface area contributed by atoms with E-state index in [2.05, 4.69) is 12.1 Å². The minimum atomic E-state index is 0.0170. The van der Waals surface area contributed by atoms with Gasteiger partial charge in [0.1, 0.15) is 0 Å². The molecule has 1 saturated carbocycles. The fraction of sp³-hybridized carbons (Fsp3) is 0.440. The Bertz CT molecular complexity index is 783. The summed E-state index contributed by atoms with van der Waals surface area (Å²) in [6, 6.07) is 20.0. The Hall–Kier alpha value is -2.62. The van der Waals surface area contributed by atoms with Gasteiger partial charge in [-0.05, 0) is 57.2 Å². The fourth-order valence-corrected chi connectivity index (χ4v) is 4.29. The topological polar surface area (TPSA) is 40.6 Å². The molecule has 4 heteroatoms. The molecule has 0 saturated heterocycles. The minimum absolute atomic E-state index is 0.0170. The van der Waals surface area contributed by atoms with Crippen molar-refractivity contribution in [2.24, 2.45) is 11.8 Å². The molecule has 0 aromatic heterocycles. The van der Waals surface area contributed by atoms with E-state index in [4.69, 9.17) is 0 Å². The lowest BCUT2D eigenvalue weighted by molar-refractivity contribution is -0.138. The average molecular weight is 393 g/mol. The molecule has 1 aliphatic carbocycles. The van der Waals surface area contributed by atoms with Crippen LogP contribution in [-0.4, -0.2) is 29.8 Å². The molecule has 0 heterocycles. The van der Waals surface area contributed by atoms with Crippen molar-refractivity contribution in [2.75, 3.05) is 18.0 Å². The van der Waals surface area contributed by atoms with Crippen LogP contribution >= 0.6 is 0 Å². The summed E-state index contributed by atoms with van der Waals surface area (Å²) >= 11 is 0. The van der Waals surface area contributed by atoms with E-state index in [0.717, 1.165) is 36.9 Å². The van der Waals surface area contributed by atoms with Crippen LogP contribution in [0.1, 0.15) is 45.1 Å². The second kappa shape index (κ2) is 10.2. The summed E-state index contributed by atoms with van der Waals surface area (Å²) in [5.74, 6) is 0.483. The van der Waals surface area contributed by atoms with E-state index in [9.17, 15) is 9.59 Å². The number of benzene rings is 2. The number of amides is 2. The zero-order valence-corrected chi connectivity index (χ0v) is 17.6. The highest BCUT2D eigenvalue weighted by Crippen LogP contribution is 2.32. The van der Waals surface area contributed by atoms with Gasteiger partial charge in [-0.3, -0.25) is 9.59 Å². The lowest BCUT2D eigenvalue weighted by Crippen LogP contribution is -2.41. The molecule has 29 heavy (non-hydrogen) atoms. The molecule has 154 valence electrons. The van der Waals surface area contributed by atoms with Crippen LogP contribution < -0.4 is 4.90 Å². The molecule has 1 fully saturated rings. The third-order valence-electron chi connectivity index (χ3n) is 5.99.